The summed E-state index contributed by atoms with van der Waals surface area (Å²) in [6.07, 6.45) is 12.7. The van der Waals surface area contributed by atoms with Crippen molar-refractivity contribution < 1.29 is 14.6 Å². The minimum atomic E-state index is -0.249. The van der Waals surface area contributed by atoms with E-state index in [4.69, 9.17) is 9.47 Å². The molecule has 3 nitrogen and oxygen atoms in total. The molecular formula is C19H34O3. The molecule has 1 fully saturated rings. The van der Waals surface area contributed by atoms with Crippen molar-refractivity contribution in [3.05, 3.63) is 0 Å². The molecule has 3 heteroatoms. The molecule has 1 N–H and O–H groups in total. The van der Waals surface area contributed by atoms with Gasteiger partial charge in [0.05, 0.1) is 12.7 Å². The van der Waals surface area contributed by atoms with Crippen LogP contribution < -0.4 is 0 Å². The third-order valence-electron chi connectivity index (χ3n) is 3.99. The highest BCUT2D eigenvalue weighted by Crippen LogP contribution is 2.14. The fourth-order valence-corrected chi connectivity index (χ4v) is 2.58. The largest absolute Gasteiger partial charge is 0.392 e. The number of rotatable bonds is 11. The fourth-order valence-electron chi connectivity index (χ4n) is 2.58. The van der Waals surface area contributed by atoms with Crippen molar-refractivity contribution in [3.8, 4) is 11.8 Å². The van der Waals surface area contributed by atoms with Crippen LogP contribution in [0.5, 0.6) is 0 Å². The van der Waals surface area contributed by atoms with E-state index in [1.54, 1.807) is 0 Å². The summed E-state index contributed by atoms with van der Waals surface area (Å²) in [6, 6.07) is 0. The number of hydrogen-bond acceptors (Lipinski definition) is 3. The zero-order valence-corrected chi connectivity index (χ0v) is 14.3. The topological polar surface area (TPSA) is 38.7 Å². The highest BCUT2D eigenvalue weighted by atomic mass is 16.7. The Morgan fingerprint density at radius 2 is 2.00 bits per heavy atom. The van der Waals surface area contributed by atoms with Gasteiger partial charge >= 0.3 is 0 Å². The second-order valence-electron chi connectivity index (χ2n) is 6.18. The Morgan fingerprint density at radius 1 is 1.14 bits per heavy atom. The average molecular weight is 310 g/mol. The summed E-state index contributed by atoms with van der Waals surface area (Å²) < 4.78 is 11.2. The summed E-state index contributed by atoms with van der Waals surface area (Å²) in [7, 11) is 0. The Balaban J connectivity index is 1.88. The first kappa shape index (κ1) is 19.5. The van der Waals surface area contributed by atoms with Crippen molar-refractivity contribution >= 4 is 0 Å². The standard InChI is InChI=1S/C19H34O3/c1-2-3-4-5-8-13-18(20)14-9-6-7-11-16-21-19-15-10-12-17-22-19/h18-20H,2-5,7-8,10-17H2,1H3/t18-,19?/m1/s1. The second kappa shape index (κ2) is 14.1. The summed E-state index contributed by atoms with van der Waals surface area (Å²) >= 11 is 0. The first-order valence-electron chi connectivity index (χ1n) is 9.20. The van der Waals surface area contributed by atoms with Gasteiger partial charge in [0, 0.05) is 19.4 Å². The van der Waals surface area contributed by atoms with Crippen LogP contribution in [0.1, 0.15) is 84.0 Å². The molecule has 0 aromatic heterocycles. The van der Waals surface area contributed by atoms with E-state index < -0.39 is 0 Å². The van der Waals surface area contributed by atoms with Crippen molar-refractivity contribution in [3.63, 3.8) is 0 Å². The third kappa shape index (κ3) is 11.1. The lowest BCUT2D eigenvalue weighted by Crippen LogP contribution is -2.22. The van der Waals surface area contributed by atoms with Crippen LogP contribution in [-0.4, -0.2) is 30.7 Å². The van der Waals surface area contributed by atoms with Crippen LogP contribution in [-0.2, 0) is 9.47 Å². The highest BCUT2D eigenvalue weighted by molar-refractivity contribution is 5.00. The zero-order chi connectivity index (χ0) is 15.9. The van der Waals surface area contributed by atoms with Crippen LogP contribution in [0.4, 0.5) is 0 Å². The van der Waals surface area contributed by atoms with E-state index in [0.717, 1.165) is 51.7 Å². The number of aliphatic hydroxyl groups is 1. The molecule has 0 aromatic carbocycles. The fraction of sp³-hybridized carbons (Fsp3) is 0.895. The lowest BCUT2D eigenvalue weighted by molar-refractivity contribution is -0.162. The van der Waals surface area contributed by atoms with Crippen LogP contribution in [0.3, 0.4) is 0 Å². The molecule has 1 rings (SSSR count). The van der Waals surface area contributed by atoms with Gasteiger partial charge in [0.2, 0.25) is 0 Å². The molecule has 1 unspecified atom stereocenters. The van der Waals surface area contributed by atoms with Gasteiger partial charge in [-0.1, -0.05) is 39.0 Å². The van der Waals surface area contributed by atoms with E-state index in [0.29, 0.717) is 6.42 Å². The van der Waals surface area contributed by atoms with Crippen molar-refractivity contribution in [2.45, 2.75) is 96.4 Å². The first-order chi connectivity index (χ1) is 10.8. The Labute approximate surface area is 136 Å². The van der Waals surface area contributed by atoms with Gasteiger partial charge in [-0.2, -0.15) is 0 Å². The average Bonchev–Trinajstić information content (AvgIpc) is 2.55. The Hall–Kier alpha value is -0.560. The first-order valence-corrected chi connectivity index (χ1v) is 9.20. The predicted molar refractivity (Wildman–Crippen MR) is 90.6 cm³/mol. The van der Waals surface area contributed by atoms with E-state index in [1.807, 2.05) is 0 Å². The van der Waals surface area contributed by atoms with Gasteiger partial charge in [-0.3, -0.25) is 0 Å². The number of ether oxygens (including phenoxy) is 2. The van der Waals surface area contributed by atoms with E-state index >= 15 is 0 Å². The second-order valence-corrected chi connectivity index (χ2v) is 6.18. The highest BCUT2D eigenvalue weighted by Gasteiger charge is 2.12. The molecule has 0 amide bonds. The SMILES string of the molecule is CCCCCCC[C@@H](O)CC#CCCCOC1CCCCO1. The summed E-state index contributed by atoms with van der Waals surface area (Å²) in [4.78, 5) is 0. The Morgan fingerprint density at radius 3 is 2.77 bits per heavy atom. The molecule has 22 heavy (non-hydrogen) atoms. The summed E-state index contributed by atoms with van der Waals surface area (Å²) in [5, 5.41) is 9.83. The lowest BCUT2D eigenvalue weighted by atomic mass is 10.1. The van der Waals surface area contributed by atoms with Crippen LogP contribution in [0.2, 0.25) is 0 Å². The Bertz CT molecular complexity index is 300. The minimum absolute atomic E-state index is 0.0104. The molecule has 1 saturated heterocycles. The maximum Gasteiger partial charge on any atom is 0.157 e. The smallest absolute Gasteiger partial charge is 0.157 e. The number of hydrogen-bond donors (Lipinski definition) is 1. The van der Waals surface area contributed by atoms with Gasteiger partial charge in [0.25, 0.3) is 0 Å². The molecule has 0 saturated carbocycles. The molecule has 0 bridgehead atoms. The molecule has 2 atom stereocenters. The normalized spacial score (nSPS) is 19.5. The Kier molecular flexibility index (Phi) is 12.5. The molecule has 0 spiro atoms. The van der Waals surface area contributed by atoms with Gasteiger partial charge in [-0.25, -0.2) is 0 Å². The van der Waals surface area contributed by atoms with Crippen LogP contribution >= 0.6 is 0 Å². The van der Waals surface area contributed by atoms with Crippen molar-refractivity contribution in [1.29, 1.82) is 0 Å². The molecule has 1 aliphatic rings. The van der Waals surface area contributed by atoms with Gasteiger partial charge < -0.3 is 14.6 Å². The number of unbranched alkanes of at least 4 members (excludes halogenated alkanes) is 5. The maximum atomic E-state index is 9.83. The van der Waals surface area contributed by atoms with Gasteiger partial charge in [0.15, 0.2) is 6.29 Å². The summed E-state index contributed by atoms with van der Waals surface area (Å²) in [5.74, 6) is 6.22. The molecule has 0 aromatic rings. The van der Waals surface area contributed by atoms with Crippen molar-refractivity contribution in [2.24, 2.45) is 0 Å². The summed E-state index contributed by atoms with van der Waals surface area (Å²) in [6.45, 7) is 3.78. The maximum absolute atomic E-state index is 9.83. The van der Waals surface area contributed by atoms with Gasteiger partial charge in [-0.05, 0) is 32.1 Å². The number of aliphatic hydroxyl groups excluding tert-OH is 1. The van der Waals surface area contributed by atoms with Crippen LogP contribution in [0.15, 0.2) is 0 Å². The predicted octanol–water partition coefficient (Wildman–Crippen LogP) is 4.42. The molecule has 128 valence electrons. The van der Waals surface area contributed by atoms with Gasteiger partial charge in [0.1, 0.15) is 0 Å². The lowest BCUT2D eigenvalue weighted by Gasteiger charge is -2.22. The monoisotopic (exact) mass is 310 g/mol. The minimum Gasteiger partial charge on any atom is -0.392 e. The molecule has 1 heterocycles. The quantitative estimate of drug-likeness (QED) is 0.453. The van der Waals surface area contributed by atoms with E-state index in [9.17, 15) is 5.11 Å². The van der Waals surface area contributed by atoms with Crippen LogP contribution in [0.25, 0.3) is 0 Å². The van der Waals surface area contributed by atoms with E-state index in [1.165, 1.54) is 32.1 Å². The summed E-state index contributed by atoms with van der Waals surface area (Å²) in [5.41, 5.74) is 0. The molecule has 1 aliphatic heterocycles. The van der Waals surface area contributed by atoms with Crippen molar-refractivity contribution in [2.75, 3.05) is 13.2 Å². The molecular weight excluding hydrogens is 276 g/mol. The van der Waals surface area contributed by atoms with Crippen molar-refractivity contribution in [1.82, 2.24) is 0 Å². The molecule has 0 radical (unpaired) electrons. The van der Waals surface area contributed by atoms with Gasteiger partial charge in [-0.15, -0.1) is 11.8 Å². The molecule has 0 aliphatic carbocycles. The van der Waals surface area contributed by atoms with Crippen LogP contribution in [0, 0.1) is 11.8 Å². The zero-order valence-electron chi connectivity index (χ0n) is 14.3. The third-order valence-corrected chi connectivity index (χ3v) is 3.99. The van der Waals surface area contributed by atoms with E-state index in [-0.39, 0.29) is 12.4 Å². The van der Waals surface area contributed by atoms with E-state index in [2.05, 4.69) is 18.8 Å².